The van der Waals surface area contributed by atoms with Crippen LogP contribution in [0.2, 0.25) is 0 Å². The first-order valence-corrected chi connectivity index (χ1v) is 10.1. The molecule has 0 radical (unpaired) electrons. The van der Waals surface area contributed by atoms with Crippen molar-refractivity contribution in [1.82, 2.24) is 15.5 Å². The van der Waals surface area contributed by atoms with Crippen molar-refractivity contribution in [2.45, 2.75) is 31.7 Å². The lowest BCUT2D eigenvalue weighted by Gasteiger charge is -2.22. The molecule has 1 unspecified atom stereocenters. The van der Waals surface area contributed by atoms with E-state index >= 15 is 0 Å². The number of amides is 1. The molecule has 6 heteroatoms. The molecule has 2 N–H and O–H groups in total. The number of carbonyl (C=O) groups excluding carboxylic acids is 1. The minimum absolute atomic E-state index is 0. The Morgan fingerprint density at radius 1 is 1.10 bits per heavy atom. The van der Waals surface area contributed by atoms with Gasteiger partial charge in [-0.05, 0) is 17.5 Å². The van der Waals surface area contributed by atoms with Gasteiger partial charge in [-0.1, -0.05) is 67.6 Å². The van der Waals surface area contributed by atoms with Gasteiger partial charge in [0.05, 0.1) is 0 Å². The smallest absolute Gasteiger partial charge is 0.222 e. The molecule has 1 aliphatic heterocycles. The van der Waals surface area contributed by atoms with E-state index < -0.39 is 0 Å². The fraction of sp³-hybridized carbons (Fsp3) is 0.391. The molecule has 0 aliphatic carbocycles. The van der Waals surface area contributed by atoms with Crippen LogP contribution in [0.4, 0.5) is 0 Å². The molecule has 0 bridgehead atoms. The van der Waals surface area contributed by atoms with E-state index in [4.69, 9.17) is 0 Å². The van der Waals surface area contributed by atoms with Crippen molar-refractivity contribution in [2.75, 3.05) is 26.7 Å². The zero-order valence-corrected chi connectivity index (χ0v) is 19.5. The van der Waals surface area contributed by atoms with Crippen molar-refractivity contribution < 1.29 is 4.79 Å². The van der Waals surface area contributed by atoms with E-state index in [-0.39, 0.29) is 41.8 Å². The number of benzene rings is 2. The fourth-order valence-electron chi connectivity index (χ4n) is 3.71. The molecule has 29 heavy (non-hydrogen) atoms. The molecule has 5 nitrogen and oxygen atoms in total. The molecule has 0 saturated carbocycles. The maximum Gasteiger partial charge on any atom is 0.222 e. The molecule has 2 aromatic rings. The SMILES string of the molecule is CCC(=O)N1CCC(NC(=NC)NCC(c2ccccc2)c2ccccc2)C1.I. The summed E-state index contributed by atoms with van der Waals surface area (Å²) in [5.74, 6) is 1.25. The maximum absolute atomic E-state index is 11.9. The van der Waals surface area contributed by atoms with E-state index in [0.717, 1.165) is 32.0 Å². The van der Waals surface area contributed by atoms with E-state index in [0.29, 0.717) is 6.42 Å². The Morgan fingerprint density at radius 2 is 1.69 bits per heavy atom. The number of halogens is 1. The molecule has 1 saturated heterocycles. The summed E-state index contributed by atoms with van der Waals surface area (Å²) in [6, 6.07) is 21.3. The van der Waals surface area contributed by atoms with E-state index in [1.165, 1.54) is 11.1 Å². The summed E-state index contributed by atoms with van der Waals surface area (Å²) >= 11 is 0. The Kier molecular flexibility index (Phi) is 9.44. The second kappa shape index (κ2) is 11.8. The quantitative estimate of drug-likeness (QED) is 0.358. The highest BCUT2D eigenvalue weighted by Crippen LogP contribution is 2.23. The van der Waals surface area contributed by atoms with E-state index in [1.54, 1.807) is 7.05 Å². The van der Waals surface area contributed by atoms with Gasteiger partial charge in [-0.15, -0.1) is 24.0 Å². The monoisotopic (exact) mass is 506 g/mol. The minimum atomic E-state index is 0. The van der Waals surface area contributed by atoms with Crippen molar-refractivity contribution in [2.24, 2.45) is 4.99 Å². The first kappa shape index (κ1) is 23.2. The van der Waals surface area contributed by atoms with Gasteiger partial charge in [-0.25, -0.2) is 0 Å². The Labute approximate surface area is 191 Å². The largest absolute Gasteiger partial charge is 0.355 e. The van der Waals surface area contributed by atoms with E-state index in [2.05, 4.69) is 64.2 Å². The van der Waals surface area contributed by atoms with Gasteiger partial charge in [0.25, 0.3) is 0 Å². The third-order valence-electron chi connectivity index (χ3n) is 5.29. The number of carbonyl (C=O) groups is 1. The highest BCUT2D eigenvalue weighted by atomic mass is 127. The summed E-state index contributed by atoms with van der Waals surface area (Å²) in [5, 5.41) is 6.96. The first-order chi connectivity index (χ1) is 13.7. The molecule has 156 valence electrons. The van der Waals surface area contributed by atoms with Gasteiger partial charge < -0.3 is 15.5 Å². The second-order valence-corrected chi connectivity index (χ2v) is 7.15. The normalized spacial score (nSPS) is 16.4. The summed E-state index contributed by atoms with van der Waals surface area (Å²) in [6.45, 7) is 4.22. The van der Waals surface area contributed by atoms with Gasteiger partial charge in [0, 0.05) is 45.1 Å². The second-order valence-electron chi connectivity index (χ2n) is 7.15. The molecule has 2 aromatic carbocycles. The fourth-order valence-corrected chi connectivity index (χ4v) is 3.71. The van der Waals surface area contributed by atoms with Crippen LogP contribution in [0.1, 0.15) is 36.8 Å². The van der Waals surface area contributed by atoms with Crippen molar-refractivity contribution in [1.29, 1.82) is 0 Å². The Morgan fingerprint density at radius 3 is 2.21 bits per heavy atom. The van der Waals surface area contributed by atoms with Crippen molar-refractivity contribution >= 4 is 35.8 Å². The van der Waals surface area contributed by atoms with Crippen LogP contribution in [-0.2, 0) is 4.79 Å². The van der Waals surface area contributed by atoms with Crippen LogP contribution >= 0.6 is 24.0 Å². The predicted molar refractivity (Wildman–Crippen MR) is 130 cm³/mol. The van der Waals surface area contributed by atoms with E-state index in [1.807, 2.05) is 24.0 Å². The Bertz CT molecular complexity index is 742. The van der Waals surface area contributed by atoms with Crippen LogP contribution < -0.4 is 10.6 Å². The summed E-state index contributed by atoms with van der Waals surface area (Å²) in [5.41, 5.74) is 2.55. The standard InChI is InChI=1S/C23H30N4O.HI/c1-3-22(28)27-15-14-20(17-27)26-23(24-2)25-16-21(18-10-6-4-7-11-18)19-12-8-5-9-13-19;/h4-13,20-21H,3,14-17H2,1-2H3,(H2,24,25,26);1H. The van der Waals surface area contributed by atoms with Crippen molar-refractivity contribution in [3.63, 3.8) is 0 Å². The van der Waals surface area contributed by atoms with E-state index in [9.17, 15) is 4.79 Å². The molecule has 1 atom stereocenters. The summed E-state index contributed by atoms with van der Waals surface area (Å²) < 4.78 is 0. The molecule has 1 heterocycles. The molecule has 0 aromatic heterocycles. The number of guanidine groups is 1. The van der Waals surface area contributed by atoms with Crippen LogP contribution in [0.25, 0.3) is 0 Å². The third-order valence-corrected chi connectivity index (χ3v) is 5.29. The van der Waals surface area contributed by atoms with Gasteiger partial charge >= 0.3 is 0 Å². The maximum atomic E-state index is 11.9. The zero-order chi connectivity index (χ0) is 19.8. The summed E-state index contributed by atoms with van der Waals surface area (Å²) in [6.07, 6.45) is 1.52. The van der Waals surface area contributed by atoms with Gasteiger partial charge in [0.15, 0.2) is 5.96 Å². The molecule has 1 amide bonds. The Balaban J connectivity index is 0.00000300. The number of hydrogen-bond donors (Lipinski definition) is 2. The average Bonchev–Trinajstić information content (AvgIpc) is 3.22. The van der Waals surface area contributed by atoms with Gasteiger partial charge in [0.2, 0.25) is 5.91 Å². The van der Waals surface area contributed by atoms with Gasteiger partial charge in [-0.2, -0.15) is 0 Å². The van der Waals surface area contributed by atoms with Crippen molar-refractivity contribution in [3.8, 4) is 0 Å². The van der Waals surface area contributed by atoms with Gasteiger partial charge in [0.1, 0.15) is 0 Å². The Hall–Kier alpha value is -2.09. The lowest BCUT2D eigenvalue weighted by molar-refractivity contribution is -0.129. The highest BCUT2D eigenvalue weighted by molar-refractivity contribution is 14.0. The van der Waals surface area contributed by atoms with Crippen molar-refractivity contribution in [3.05, 3.63) is 71.8 Å². The number of likely N-dealkylation sites (tertiary alicyclic amines) is 1. The molecular weight excluding hydrogens is 475 g/mol. The number of nitrogens with zero attached hydrogens (tertiary/aromatic N) is 2. The van der Waals surface area contributed by atoms with Crippen LogP contribution in [0.3, 0.4) is 0 Å². The van der Waals surface area contributed by atoms with Gasteiger partial charge in [-0.3, -0.25) is 9.79 Å². The first-order valence-electron chi connectivity index (χ1n) is 10.1. The zero-order valence-electron chi connectivity index (χ0n) is 17.2. The molecule has 1 fully saturated rings. The number of aliphatic imine (C=N–C) groups is 1. The topological polar surface area (TPSA) is 56.7 Å². The molecule has 1 aliphatic rings. The minimum Gasteiger partial charge on any atom is -0.355 e. The highest BCUT2D eigenvalue weighted by Gasteiger charge is 2.26. The third kappa shape index (κ3) is 6.45. The predicted octanol–water partition coefficient (Wildman–Crippen LogP) is 3.61. The van der Waals surface area contributed by atoms with Crippen LogP contribution in [0.15, 0.2) is 65.7 Å². The number of hydrogen-bond acceptors (Lipinski definition) is 2. The lowest BCUT2D eigenvalue weighted by atomic mass is 9.91. The van der Waals surface area contributed by atoms with Crippen LogP contribution in [0.5, 0.6) is 0 Å². The molecular formula is C23H31IN4O. The average molecular weight is 506 g/mol. The van der Waals surface area contributed by atoms with Crippen LogP contribution in [-0.4, -0.2) is 49.5 Å². The molecule has 3 rings (SSSR count). The lowest BCUT2D eigenvalue weighted by Crippen LogP contribution is -2.46. The summed E-state index contributed by atoms with van der Waals surface area (Å²) in [4.78, 5) is 18.2. The summed E-state index contributed by atoms with van der Waals surface area (Å²) in [7, 11) is 1.79. The number of rotatable bonds is 6. The number of nitrogens with one attached hydrogen (secondary N) is 2. The van der Waals surface area contributed by atoms with Crippen LogP contribution in [0, 0.1) is 0 Å². The molecule has 0 spiro atoms.